The first kappa shape index (κ1) is 7.05. The van der Waals surface area contributed by atoms with E-state index in [-0.39, 0.29) is 0 Å². The van der Waals surface area contributed by atoms with Crippen LogP contribution in [-0.2, 0) is 1.23 Å². The van der Waals surface area contributed by atoms with E-state index < -0.39 is 68.2 Å². The van der Waals surface area contributed by atoms with E-state index >= 15 is 0 Å². The van der Waals surface area contributed by atoms with Crippen LogP contribution < -0.4 is 0 Å². The minimum atomic E-state index is -1.24. The van der Waals surface area contributed by atoms with Crippen molar-refractivity contribution >= 4 is 0 Å². The van der Waals surface area contributed by atoms with Crippen molar-refractivity contribution in [1.82, 2.24) is 0 Å². The van der Waals surface area contributed by atoms with E-state index in [9.17, 15) is 2.97 Å². The Balaban J connectivity index is 2.65. The molecule has 0 aromatic carbocycles. The Kier molecular flexibility index (Phi) is 8.54. The molecule has 0 bridgehead atoms. The molecular weight excluding hydrogens is 383 g/mol. The maximum absolute atomic E-state index is 9.21. The number of hydrogen-bond donors (Lipinski definition) is 0. The topological polar surface area (TPSA) is 43.4 Å². The molecule has 0 unspecified atom stereocenters. The van der Waals surface area contributed by atoms with Crippen LogP contribution in [0.25, 0.3) is 0 Å². The van der Waals surface area contributed by atoms with Gasteiger partial charge in [0.1, 0.15) is 0 Å². The second-order valence-electron chi connectivity index (χ2n) is 0.130. The maximum atomic E-state index is 9.21. The summed E-state index contributed by atoms with van der Waals surface area (Å²) in [6.07, 6.45) is 0. The van der Waals surface area contributed by atoms with Gasteiger partial charge in [0, 0.05) is 0 Å². The summed E-state index contributed by atoms with van der Waals surface area (Å²) < 4.78 is 22.3. The van der Waals surface area contributed by atoms with E-state index in [0.29, 0.717) is 0 Å². The van der Waals surface area contributed by atoms with Gasteiger partial charge in [-0.3, -0.25) is 0 Å². The van der Waals surface area contributed by atoms with E-state index in [2.05, 4.69) is -1.74 Å². The van der Waals surface area contributed by atoms with Crippen molar-refractivity contribution < 1.29 is 69.4 Å². The minimum absolute atomic E-state index is 1.24. The van der Waals surface area contributed by atoms with Crippen molar-refractivity contribution in [3.05, 3.63) is 0 Å². The molecule has 5 heteroatoms. The van der Waals surface area contributed by atoms with E-state index in [4.69, 9.17) is 0 Å². The van der Waals surface area contributed by atoms with Gasteiger partial charge in [-0.15, -0.1) is 0 Å². The molecule has 0 heterocycles. The molecule has 0 spiro atoms. The molecule has 0 atom stereocenters. The Bertz CT molecular complexity index is 34.2. The molecule has 0 fully saturated rings. The molecule has 0 aromatic rings. The first-order valence-electron chi connectivity index (χ1n) is 0.471. The predicted octanol–water partition coefficient (Wildman–Crippen LogP) is -0.306. The van der Waals surface area contributed by atoms with Gasteiger partial charge in [-0.05, 0) is 0 Å². The van der Waals surface area contributed by atoms with Crippen molar-refractivity contribution in [2.45, 2.75) is 0 Å². The van der Waals surface area contributed by atoms with Crippen LogP contribution in [0.15, 0.2) is 0 Å². The van der Waals surface area contributed by atoms with Gasteiger partial charge in [0.25, 0.3) is 0 Å². The van der Waals surface area contributed by atoms with Gasteiger partial charge in [-0.25, -0.2) is 0 Å². The summed E-state index contributed by atoms with van der Waals surface area (Å²) in [7, 11) is 0. The van der Waals surface area contributed by atoms with Gasteiger partial charge in [-0.1, -0.05) is 0 Å². The van der Waals surface area contributed by atoms with Crippen LogP contribution in [0.1, 0.15) is 0 Å². The summed E-state index contributed by atoms with van der Waals surface area (Å²) in [5, 5.41) is 0. The summed E-state index contributed by atoms with van der Waals surface area (Å²) in [6, 6.07) is 0. The molecule has 0 saturated heterocycles. The fourth-order valence-electron chi connectivity index (χ4n) is 0.00567. The Morgan fingerprint density at radius 3 is 1.60 bits per heavy atom. The van der Waals surface area contributed by atoms with Crippen LogP contribution in [0, 0.1) is 68.2 Å². The van der Waals surface area contributed by atoms with Gasteiger partial charge in [0.2, 0.25) is 0 Å². The summed E-state index contributed by atoms with van der Waals surface area (Å²) in [5.74, 6) is 0. The first-order chi connectivity index (χ1) is 2.41. The van der Waals surface area contributed by atoms with Gasteiger partial charge in [-0.2, -0.15) is 0 Å². The average Bonchev–Trinajstić information content (AvgIpc) is 1.41. The Hall–Kier alpha value is 2.05. The standard InChI is InChI=1S/2Er.3O. The average molecular weight is 383 g/mol. The van der Waals surface area contributed by atoms with Gasteiger partial charge < -0.3 is 0 Å². The second-order valence-corrected chi connectivity index (χ2v) is 2.58. The Morgan fingerprint density at radius 2 is 1.60 bits per heavy atom. The van der Waals surface area contributed by atoms with Crippen LogP contribution in [0.4, 0.5) is 0 Å². The molecule has 0 aliphatic carbocycles. The van der Waals surface area contributed by atoms with Crippen molar-refractivity contribution in [3.63, 3.8) is 0 Å². The molecule has 42 valence electrons. The number of hydrogen-bond acceptors (Lipinski definition) is 3. The van der Waals surface area contributed by atoms with E-state index in [1.165, 1.54) is 0 Å². The monoisotopic (exact) mass is 380 g/mol. The predicted molar refractivity (Wildman–Crippen MR) is 2.46 cm³/mol. The third kappa shape index (κ3) is 6.05. The number of rotatable bonds is 2. The molecule has 0 N–H and O–H groups in total. The van der Waals surface area contributed by atoms with E-state index in [1.807, 2.05) is 0 Å². The zero-order valence-electron chi connectivity index (χ0n) is 1.80. The van der Waals surface area contributed by atoms with Gasteiger partial charge >= 0.3 is 69.4 Å². The third-order valence-electron chi connectivity index (χ3n) is 0.0278. The first-order valence-corrected chi connectivity index (χ1v) is 3.50. The van der Waals surface area contributed by atoms with Crippen LogP contribution in [0.3, 0.4) is 0 Å². The van der Waals surface area contributed by atoms with Crippen LogP contribution in [0.5, 0.6) is 0 Å². The van der Waals surface area contributed by atoms with E-state index in [1.54, 1.807) is 0 Å². The van der Waals surface area contributed by atoms with Gasteiger partial charge in [0.15, 0.2) is 0 Å². The van der Waals surface area contributed by atoms with Crippen molar-refractivity contribution in [3.8, 4) is 0 Å². The fraction of sp³-hybridized carbons (Fsp3) is 0. The quantitative estimate of drug-likeness (QED) is 0.658. The molecule has 0 aliphatic heterocycles. The van der Waals surface area contributed by atoms with Gasteiger partial charge in [0.05, 0.1) is 0 Å². The van der Waals surface area contributed by atoms with Crippen molar-refractivity contribution in [2.75, 3.05) is 0 Å². The van der Waals surface area contributed by atoms with Crippen LogP contribution >= 0.6 is 0 Å². The molecule has 5 heavy (non-hydrogen) atoms. The normalized spacial score (nSPS) is 9.60. The Morgan fingerprint density at radius 1 is 1.20 bits per heavy atom. The van der Waals surface area contributed by atoms with Crippen molar-refractivity contribution in [2.24, 2.45) is 0 Å². The molecule has 3 nitrogen and oxygen atoms in total. The molecular formula is Er2O3. The second kappa shape index (κ2) is 6.05. The zero-order valence-corrected chi connectivity index (χ0v) is 5.51. The molecule has 0 aliphatic rings. The summed E-state index contributed by atoms with van der Waals surface area (Å²) >= 11 is -2.48. The molecule has 0 aromatic heterocycles. The molecule has 0 saturated carbocycles. The SMILES string of the molecule is [O]=[Er][O][Er]=[O]. The Labute approximate surface area is 67.6 Å². The summed E-state index contributed by atoms with van der Waals surface area (Å²) in [5.41, 5.74) is 0. The summed E-state index contributed by atoms with van der Waals surface area (Å²) in [4.78, 5) is 0. The van der Waals surface area contributed by atoms with Crippen LogP contribution in [-0.4, -0.2) is 0 Å². The summed E-state index contributed by atoms with van der Waals surface area (Å²) in [6.45, 7) is 0. The fourth-order valence-corrected chi connectivity index (χ4v) is 0.312. The van der Waals surface area contributed by atoms with E-state index in [0.717, 1.165) is 0 Å². The van der Waals surface area contributed by atoms with Crippen molar-refractivity contribution in [1.29, 1.82) is 0 Å². The third-order valence-corrected chi connectivity index (χ3v) is 1.53. The molecule has 0 amide bonds. The molecule has 0 radical (unpaired) electrons. The zero-order chi connectivity index (χ0) is 4.12. The van der Waals surface area contributed by atoms with Crippen LogP contribution in [0.2, 0.25) is 0 Å². The molecule has 0 rings (SSSR count).